The van der Waals surface area contributed by atoms with Crippen molar-refractivity contribution in [1.82, 2.24) is 15.6 Å². The van der Waals surface area contributed by atoms with Gasteiger partial charge in [-0.05, 0) is 19.1 Å². The number of hydrogen-bond acceptors (Lipinski definition) is 5. The van der Waals surface area contributed by atoms with Crippen molar-refractivity contribution in [3.05, 3.63) is 45.9 Å². The maximum absolute atomic E-state index is 12.4. The second-order valence-corrected chi connectivity index (χ2v) is 7.92. The molecule has 1 heterocycles. The summed E-state index contributed by atoms with van der Waals surface area (Å²) < 4.78 is 0. The summed E-state index contributed by atoms with van der Waals surface area (Å²) in [4.78, 5) is 29.3. The molecule has 0 aliphatic rings. The van der Waals surface area contributed by atoms with E-state index in [9.17, 15) is 9.59 Å². The predicted octanol–water partition coefficient (Wildman–Crippen LogP) is 3.25. The molecule has 0 aliphatic carbocycles. The Morgan fingerprint density at radius 3 is 2.60 bits per heavy atom. The van der Waals surface area contributed by atoms with Gasteiger partial charge in [0.15, 0.2) is 0 Å². The highest BCUT2D eigenvalue weighted by atomic mass is 32.2. The van der Waals surface area contributed by atoms with Crippen LogP contribution >= 0.6 is 23.1 Å². The van der Waals surface area contributed by atoms with Crippen LogP contribution < -0.4 is 10.6 Å². The van der Waals surface area contributed by atoms with E-state index in [1.807, 2.05) is 50.4 Å². The first-order valence-corrected chi connectivity index (χ1v) is 10.0. The fourth-order valence-electron chi connectivity index (χ4n) is 2.07. The molecule has 0 spiro atoms. The van der Waals surface area contributed by atoms with E-state index >= 15 is 0 Å². The van der Waals surface area contributed by atoms with Crippen LogP contribution in [0.1, 0.15) is 34.9 Å². The molecular formula is C18H23N3O2S2. The van der Waals surface area contributed by atoms with Crippen molar-refractivity contribution in [3.8, 4) is 0 Å². The molecule has 1 aromatic heterocycles. The summed E-state index contributed by atoms with van der Waals surface area (Å²) in [6.07, 6.45) is 0. The molecule has 2 N–H and O–H groups in total. The molecule has 0 saturated carbocycles. The smallest absolute Gasteiger partial charge is 0.252 e. The summed E-state index contributed by atoms with van der Waals surface area (Å²) in [7, 11) is 0. The molecule has 0 saturated heterocycles. The summed E-state index contributed by atoms with van der Waals surface area (Å²) in [5.41, 5.74) is 1.67. The number of benzene rings is 1. The summed E-state index contributed by atoms with van der Waals surface area (Å²) in [5.74, 6) is 0.543. The highest BCUT2D eigenvalue weighted by Gasteiger charge is 2.12. The minimum absolute atomic E-state index is 0.0104. The molecule has 0 unspecified atom stereocenters. The van der Waals surface area contributed by atoms with E-state index in [1.165, 1.54) is 0 Å². The van der Waals surface area contributed by atoms with Gasteiger partial charge in [0.1, 0.15) is 0 Å². The first-order valence-electron chi connectivity index (χ1n) is 8.16. The number of aromatic nitrogens is 1. The Morgan fingerprint density at radius 2 is 1.92 bits per heavy atom. The number of carbonyl (C=O) groups excluding carboxylic acids is 2. The van der Waals surface area contributed by atoms with Gasteiger partial charge in [0, 0.05) is 35.0 Å². The van der Waals surface area contributed by atoms with Gasteiger partial charge in [-0.25, -0.2) is 4.98 Å². The van der Waals surface area contributed by atoms with E-state index in [2.05, 4.69) is 15.6 Å². The highest BCUT2D eigenvalue weighted by Crippen LogP contribution is 2.26. The topological polar surface area (TPSA) is 71.1 Å². The largest absolute Gasteiger partial charge is 0.354 e. The summed E-state index contributed by atoms with van der Waals surface area (Å²) >= 11 is 3.23. The average Bonchev–Trinajstić information content (AvgIpc) is 3.02. The van der Waals surface area contributed by atoms with Crippen LogP contribution in [0, 0.1) is 12.8 Å². The third kappa shape index (κ3) is 6.17. The molecule has 0 radical (unpaired) electrons. The number of thiazole rings is 1. The van der Waals surface area contributed by atoms with Crippen molar-refractivity contribution in [2.75, 3.05) is 13.1 Å². The van der Waals surface area contributed by atoms with E-state index in [0.717, 1.165) is 21.3 Å². The average molecular weight is 378 g/mol. The van der Waals surface area contributed by atoms with Gasteiger partial charge in [0.2, 0.25) is 5.91 Å². The maximum Gasteiger partial charge on any atom is 0.252 e. The number of amides is 2. The Hall–Kier alpha value is -1.86. The number of hydrogen-bond donors (Lipinski definition) is 2. The van der Waals surface area contributed by atoms with Gasteiger partial charge in [-0.2, -0.15) is 0 Å². The lowest BCUT2D eigenvalue weighted by molar-refractivity contribution is -0.123. The standard InChI is InChI=1S/C18H23N3O2S2/c1-12(2)17(22)19-8-9-20-18(23)15-6-4-5-7-16(15)25-11-14-10-24-13(3)21-14/h4-7,10,12H,8-9,11H2,1-3H3,(H,19,22)(H,20,23). The molecule has 5 nitrogen and oxygen atoms in total. The minimum Gasteiger partial charge on any atom is -0.354 e. The first-order chi connectivity index (χ1) is 12.0. The lowest BCUT2D eigenvalue weighted by Gasteiger charge is -2.11. The number of aryl methyl sites for hydroxylation is 1. The molecule has 0 aliphatic heterocycles. The van der Waals surface area contributed by atoms with Crippen LogP contribution in [-0.4, -0.2) is 29.9 Å². The van der Waals surface area contributed by atoms with Crippen LogP contribution in [0.4, 0.5) is 0 Å². The lowest BCUT2D eigenvalue weighted by Crippen LogP contribution is -2.36. The van der Waals surface area contributed by atoms with E-state index in [0.29, 0.717) is 18.7 Å². The van der Waals surface area contributed by atoms with Gasteiger partial charge in [0.25, 0.3) is 5.91 Å². The van der Waals surface area contributed by atoms with Crippen LogP contribution in [0.3, 0.4) is 0 Å². The van der Waals surface area contributed by atoms with E-state index in [-0.39, 0.29) is 17.7 Å². The molecule has 134 valence electrons. The monoisotopic (exact) mass is 377 g/mol. The zero-order chi connectivity index (χ0) is 18.2. The Morgan fingerprint density at radius 1 is 1.20 bits per heavy atom. The normalized spacial score (nSPS) is 10.7. The second-order valence-electron chi connectivity index (χ2n) is 5.84. The Kier molecular flexibility index (Phi) is 7.46. The Balaban J connectivity index is 1.88. The number of carbonyl (C=O) groups is 2. The molecular weight excluding hydrogens is 354 g/mol. The summed E-state index contributed by atoms with van der Waals surface area (Å²) in [6, 6.07) is 7.54. The van der Waals surface area contributed by atoms with Crippen molar-refractivity contribution in [2.45, 2.75) is 31.4 Å². The quantitative estimate of drug-likeness (QED) is 0.547. The first kappa shape index (κ1) is 19.5. The van der Waals surface area contributed by atoms with Gasteiger partial charge < -0.3 is 10.6 Å². The van der Waals surface area contributed by atoms with Gasteiger partial charge in [-0.3, -0.25) is 9.59 Å². The number of nitrogens with one attached hydrogen (secondary N) is 2. The Labute approximate surface area is 156 Å². The molecule has 25 heavy (non-hydrogen) atoms. The second kappa shape index (κ2) is 9.58. The summed E-state index contributed by atoms with van der Waals surface area (Å²) in [5, 5.41) is 8.73. The molecule has 2 amide bonds. The third-order valence-corrected chi connectivity index (χ3v) is 5.34. The Bertz CT molecular complexity index is 729. The van der Waals surface area contributed by atoms with Gasteiger partial charge in [-0.1, -0.05) is 26.0 Å². The number of rotatable bonds is 8. The number of thioether (sulfide) groups is 1. The van der Waals surface area contributed by atoms with Gasteiger partial charge in [0.05, 0.1) is 16.3 Å². The molecule has 7 heteroatoms. The van der Waals surface area contributed by atoms with Crippen LogP contribution in [0.5, 0.6) is 0 Å². The summed E-state index contributed by atoms with van der Waals surface area (Å²) in [6.45, 7) is 6.49. The van der Waals surface area contributed by atoms with Crippen LogP contribution in [0.2, 0.25) is 0 Å². The SMILES string of the molecule is Cc1nc(CSc2ccccc2C(=O)NCCNC(=O)C(C)C)cs1. The molecule has 2 rings (SSSR count). The lowest BCUT2D eigenvalue weighted by atomic mass is 10.2. The molecule has 0 bridgehead atoms. The zero-order valence-electron chi connectivity index (χ0n) is 14.7. The molecule has 0 atom stereocenters. The minimum atomic E-state index is -0.128. The number of nitrogens with zero attached hydrogens (tertiary/aromatic N) is 1. The third-order valence-electron chi connectivity index (χ3n) is 3.41. The highest BCUT2D eigenvalue weighted by molar-refractivity contribution is 7.98. The van der Waals surface area contributed by atoms with Crippen LogP contribution in [-0.2, 0) is 10.5 Å². The molecule has 2 aromatic rings. The van der Waals surface area contributed by atoms with Crippen molar-refractivity contribution < 1.29 is 9.59 Å². The van der Waals surface area contributed by atoms with Crippen molar-refractivity contribution in [2.24, 2.45) is 5.92 Å². The van der Waals surface area contributed by atoms with Gasteiger partial charge >= 0.3 is 0 Å². The van der Waals surface area contributed by atoms with E-state index in [4.69, 9.17) is 0 Å². The van der Waals surface area contributed by atoms with Crippen LogP contribution in [0.25, 0.3) is 0 Å². The van der Waals surface area contributed by atoms with Crippen molar-refractivity contribution in [3.63, 3.8) is 0 Å². The predicted molar refractivity (Wildman–Crippen MR) is 103 cm³/mol. The van der Waals surface area contributed by atoms with Crippen LogP contribution in [0.15, 0.2) is 34.5 Å². The van der Waals surface area contributed by atoms with Crippen molar-refractivity contribution >= 4 is 34.9 Å². The fraction of sp³-hybridized carbons (Fsp3) is 0.389. The van der Waals surface area contributed by atoms with Crippen molar-refractivity contribution in [1.29, 1.82) is 0 Å². The van der Waals surface area contributed by atoms with Gasteiger partial charge in [-0.15, -0.1) is 23.1 Å². The van der Waals surface area contributed by atoms with E-state index in [1.54, 1.807) is 23.1 Å². The van der Waals surface area contributed by atoms with E-state index < -0.39 is 0 Å². The molecule has 0 fully saturated rings. The fourth-order valence-corrected chi connectivity index (χ4v) is 3.73. The maximum atomic E-state index is 12.4. The zero-order valence-corrected chi connectivity index (χ0v) is 16.3. The molecule has 1 aromatic carbocycles.